The summed E-state index contributed by atoms with van der Waals surface area (Å²) >= 11 is 1.53. The van der Waals surface area contributed by atoms with Gasteiger partial charge in [0.05, 0.1) is 24.6 Å². The molecule has 0 saturated carbocycles. The molecule has 0 unspecified atom stereocenters. The standard InChI is InChI=1S/C18H23N3O3S/c1-2-24-18(23)12-5-4-8-21(10-12)11-16(22)20-17-14(9-19)13-6-3-7-15(13)25-17/h12H,2-8,10-11H2,1H3,(H,20,22)/t12-/m0/s1. The highest BCUT2D eigenvalue weighted by Gasteiger charge is 2.28. The molecule has 6 nitrogen and oxygen atoms in total. The first kappa shape index (κ1) is 17.9. The Hall–Kier alpha value is -1.91. The van der Waals surface area contributed by atoms with Gasteiger partial charge in [0.2, 0.25) is 5.91 Å². The van der Waals surface area contributed by atoms with Gasteiger partial charge < -0.3 is 10.1 Å². The van der Waals surface area contributed by atoms with Gasteiger partial charge in [0.15, 0.2) is 0 Å². The van der Waals surface area contributed by atoms with Crippen LogP contribution >= 0.6 is 11.3 Å². The monoisotopic (exact) mass is 361 g/mol. The summed E-state index contributed by atoms with van der Waals surface area (Å²) < 4.78 is 5.09. The molecule has 25 heavy (non-hydrogen) atoms. The first-order valence-electron chi connectivity index (χ1n) is 8.85. The van der Waals surface area contributed by atoms with Gasteiger partial charge in [-0.2, -0.15) is 5.26 Å². The van der Waals surface area contributed by atoms with Crippen molar-refractivity contribution in [2.75, 3.05) is 31.6 Å². The van der Waals surface area contributed by atoms with Crippen molar-refractivity contribution in [3.63, 3.8) is 0 Å². The molecule has 1 amide bonds. The predicted molar refractivity (Wildman–Crippen MR) is 95.5 cm³/mol. The molecular formula is C18H23N3O3S. The van der Waals surface area contributed by atoms with Gasteiger partial charge >= 0.3 is 5.97 Å². The van der Waals surface area contributed by atoms with Crippen molar-refractivity contribution in [2.45, 2.75) is 39.0 Å². The Kier molecular flexibility index (Phi) is 5.71. The van der Waals surface area contributed by atoms with E-state index in [1.807, 2.05) is 4.90 Å². The normalized spacial score (nSPS) is 19.9. The number of carbonyl (C=O) groups is 2. The minimum Gasteiger partial charge on any atom is -0.466 e. The molecule has 1 aliphatic carbocycles. The fraction of sp³-hybridized carbons (Fsp3) is 0.611. The lowest BCUT2D eigenvalue weighted by Gasteiger charge is -2.30. The third-order valence-electron chi connectivity index (χ3n) is 4.78. The van der Waals surface area contributed by atoms with Crippen molar-refractivity contribution >= 4 is 28.2 Å². The lowest BCUT2D eigenvalue weighted by molar-refractivity contribution is -0.150. The van der Waals surface area contributed by atoms with Crippen LogP contribution < -0.4 is 5.32 Å². The number of nitriles is 1. The number of nitrogens with zero attached hydrogens (tertiary/aromatic N) is 2. The SMILES string of the molecule is CCOC(=O)[C@H]1CCCN(CC(=O)Nc2sc3c(c2C#N)CCC3)C1. The van der Waals surface area contributed by atoms with E-state index in [-0.39, 0.29) is 24.3 Å². The van der Waals surface area contributed by atoms with Gasteiger partial charge in [0.1, 0.15) is 11.1 Å². The molecule has 3 rings (SSSR count). The predicted octanol–water partition coefficient (Wildman–Crippen LogP) is 2.32. The number of carbonyl (C=O) groups excluding carboxylic acids is 2. The number of esters is 1. The largest absolute Gasteiger partial charge is 0.466 e. The maximum Gasteiger partial charge on any atom is 0.310 e. The van der Waals surface area contributed by atoms with E-state index >= 15 is 0 Å². The van der Waals surface area contributed by atoms with Crippen LogP contribution in [0, 0.1) is 17.2 Å². The molecule has 2 aliphatic rings. The van der Waals surface area contributed by atoms with E-state index in [0.29, 0.717) is 23.7 Å². The first-order valence-corrected chi connectivity index (χ1v) is 9.67. The van der Waals surface area contributed by atoms with Crippen molar-refractivity contribution in [2.24, 2.45) is 5.92 Å². The number of anilines is 1. The van der Waals surface area contributed by atoms with Gasteiger partial charge in [-0.05, 0) is 51.1 Å². The Balaban J connectivity index is 1.58. The number of hydrogen-bond acceptors (Lipinski definition) is 6. The van der Waals surface area contributed by atoms with Crippen LogP contribution in [0.4, 0.5) is 5.00 Å². The molecule has 134 valence electrons. The smallest absolute Gasteiger partial charge is 0.310 e. The molecule has 0 aromatic carbocycles. The van der Waals surface area contributed by atoms with E-state index in [9.17, 15) is 14.9 Å². The second kappa shape index (κ2) is 7.98. The minimum absolute atomic E-state index is 0.124. The number of likely N-dealkylation sites (tertiary alicyclic amines) is 1. The van der Waals surface area contributed by atoms with Crippen LogP contribution in [-0.4, -0.2) is 43.0 Å². The van der Waals surface area contributed by atoms with Gasteiger partial charge in [-0.25, -0.2) is 0 Å². The molecule has 7 heteroatoms. The Morgan fingerprint density at radius 3 is 3.00 bits per heavy atom. The van der Waals surface area contributed by atoms with Crippen molar-refractivity contribution in [3.05, 3.63) is 16.0 Å². The fourth-order valence-electron chi connectivity index (χ4n) is 3.63. The maximum atomic E-state index is 12.4. The highest BCUT2D eigenvalue weighted by Crippen LogP contribution is 2.38. The molecular weight excluding hydrogens is 338 g/mol. The van der Waals surface area contributed by atoms with Crippen LogP contribution in [0.15, 0.2) is 0 Å². The third-order valence-corrected chi connectivity index (χ3v) is 5.99. The van der Waals surface area contributed by atoms with Crippen LogP contribution in [0.1, 0.15) is 42.2 Å². The van der Waals surface area contributed by atoms with Crippen molar-refractivity contribution < 1.29 is 14.3 Å². The number of ether oxygens (including phenoxy) is 1. The number of rotatable bonds is 5. The first-order chi connectivity index (χ1) is 12.1. The van der Waals surface area contributed by atoms with Gasteiger partial charge in [0.25, 0.3) is 0 Å². The molecule has 1 aromatic rings. The van der Waals surface area contributed by atoms with Crippen LogP contribution in [0.3, 0.4) is 0 Å². The van der Waals surface area contributed by atoms with Crippen LogP contribution in [0.2, 0.25) is 0 Å². The maximum absolute atomic E-state index is 12.4. The second-order valence-electron chi connectivity index (χ2n) is 6.55. The zero-order valence-electron chi connectivity index (χ0n) is 14.5. The zero-order chi connectivity index (χ0) is 17.8. The number of hydrogen-bond donors (Lipinski definition) is 1. The molecule has 1 atom stereocenters. The van der Waals surface area contributed by atoms with Gasteiger partial charge in [-0.3, -0.25) is 14.5 Å². The topological polar surface area (TPSA) is 82.4 Å². The summed E-state index contributed by atoms with van der Waals surface area (Å²) in [4.78, 5) is 27.5. The molecule has 1 aliphatic heterocycles. The number of aryl methyl sites for hydroxylation is 1. The number of thiophene rings is 1. The summed E-state index contributed by atoms with van der Waals surface area (Å²) in [5.74, 6) is -0.448. The van der Waals surface area contributed by atoms with Crippen LogP contribution in [0.25, 0.3) is 0 Å². The van der Waals surface area contributed by atoms with Crippen molar-refractivity contribution in [3.8, 4) is 6.07 Å². The lowest BCUT2D eigenvalue weighted by Crippen LogP contribution is -2.43. The Labute approximate surface area is 151 Å². The number of fused-ring (bicyclic) bond motifs is 1. The summed E-state index contributed by atoms with van der Waals surface area (Å²) in [7, 11) is 0. The summed E-state index contributed by atoms with van der Waals surface area (Å²) in [5.41, 5.74) is 1.75. The molecule has 0 radical (unpaired) electrons. The Bertz CT molecular complexity index is 707. The summed E-state index contributed by atoms with van der Waals surface area (Å²) in [6.45, 7) is 3.78. The lowest BCUT2D eigenvalue weighted by atomic mass is 9.98. The Morgan fingerprint density at radius 2 is 2.24 bits per heavy atom. The molecule has 2 heterocycles. The average Bonchev–Trinajstić information content (AvgIpc) is 3.15. The number of amides is 1. The molecule has 1 aromatic heterocycles. The highest BCUT2D eigenvalue weighted by molar-refractivity contribution is 7.16. The minimum atomic E-state index is -0.172. The number of piperidine rings is 1. The molecule has 1 fully saturated rings. The summed E-state index contributed by atoms with van der Waals surface area (Å²) in [5, 5.41) is 13.0. The fourth-order valence-corrected chi connectivity index (χ4v) is 4.89. The molecule has 0 spiro atoms. The third kappa shape index (κ3) is 4.02. The summed E-state index contributed by atoms with van der Waals surface area (Å²) in [6, 6.07) is 2.24. The zero-order valence-corrected chi connectivity index (χ0v) is 15.3. The van der Waals surface area contributed by atoms with Gasteiger partial charge in [0, 0.05) is 11.4 Å². The highest BCUT2D eigenvalue weighted by atomic mass is 32.1. The molecule has 0 bridgehead atoms. The van der Waals surface area contributed by atoms with E-state index in [4.69, 9.17) is 4.74 Å². The van der Waals surface area contributed by atoms with E-state index in [1.165, 1.54) is 16.2 Å². The van der Waals surface area contributed by atoms with Gasteiger partial charge in [-0.1, -0.05) is 0 Å². The number of nitrogens with one attached hydrogen (secondary N) is 1. The van der Waals surface area contributed by atoms with Gasteiger partial charge in [-0.15, -0.1) is 11.3 Å². The average molecular weight is 361 g/mol. The quantitative estimate of drug-likeness (QED) is 0.814. The molecule has 1 saturated heterocycles. The van der Waals surface area contributed by atoms with E-state index in [1.54, 1.807) is 6.92 Å². The second-order valence-corrected chi connectivity index (χ2v) is 7.65. The van der Waals surface area contributed by atoms with E-state index < -0.39 is 0 Å². The van der Waals surface area contributed by atoms with E-state index in [0.717, 1.165) is 44.2 Å². The van der Waals surface area contributed by atoms with Crippen molar-refractivity contribution in [1.82, 2.24) is 4.90 Å². The van der Waals surface area contributed by atoms with E-state index in [2.05, 4.69) is 11.4 Å². The van der Waals surface area contributed by atoms with Crippen LogP contribution in [0.5, 0.6) is 0 Å². The molecule has 1 N–H and O–H groups in total. The van der Waals surface area contributed by atoms with Crippen LogP contribution in [-0.2, 0) is 27.2 Å². The Morgan fingerprint density at radius 1 is 1.40 bits per heavy atom. The summed E-state index contributed by atoms with van der Waals surface area (Å²) in [6.07, 6.45) is 4.71. The van der Waals surface area contributed by atoms with Crippen molar-refractivity contribution in [1.29, 1.82) is 5.26 Å².